The summed E-state index contributed by atoms with van der Waals surface area (Å²) in [4.78, 5) is 32.0. The van der Waals surface area contributed by atoms with Crippen LogP contribution in [-0.4, -0.2) is 81.4 Å². The molecule has 0 unspecified atom stereocenters. The van der Waals surface area contributed by atoms with Gasteiger partial charge in [0.25, 0.3) is 5.91 Å². The van der Waals surface area contributed by atoms with E-state index in [0.717, 1.165) is 55.1 Å². The van der Waals surface area contributed by atoms with Gasteiger partial charge in [0, 0.05) is 61.3 Å². The molecule has 33 heavy (non-hydrogen) atoms. The summed E-state index contributed by atoms with van der Waals surface area (Å²) in [5, 5.41) is 17.2. The van der Waals surface area contributed by atoms with Crippen LogP contribution in [0.1, 0.15) is 28.4 Å². The highest BCUT2D eigenvalue weighted by Crippen LogP contribution is 2.34. The molecule has 2 aliphatic rings. The molecule has 1 fully saturated rings. The Morgan fingerprint density at radius 2 is 1.97 bits per heavy atom. The van der Waals surface area contributed by atoms with Gasteiger partial charge in [0.1, 0.15) is 0 Å². The van der Waals surface area contributed by atoms with Crippen molar-refractivity contribution < 1.29 is 9.59 Å². The van der Waals surface area contributed by atoms with E-state index in [1.54, 1.807) is 23.4 Å². The number of hydrogen-bond donors (Lipinski definition) is 3. The van der Waals surface area contributed by atoms with Gasteiger partial charge in [-0.05, 0) is 37.6 Å². The van der Waals surface area contributed by atoms with Crippen LogP contribution in [0.5, 0.6) is 0 Å². The Bertz CT molecular complexity index is 1160. The smallest absolute Gasteiger partial charge is 0.327 e. The zero-order valence-corrected chi connectivity index (χ0v) is 18.9. The zero-order valence-electron chi connectivity index (χ0n) is 18.9. The topological polar surface area (TPSA) is 113 Å². The van der Waals surface area contributed by atoms with E-state index in [4.69, 9.17) is 0 Å². The Kier molecular flexibility index (Phi) is 5.59. The third-order valence-electron chi connectivity index (χ3n) is 6.55. The molecule has 5 rings (SSSR count). The Morgan fingerprint density at radius 1 is 1.15 bits per heavy atom. The van der Waals surface area contributed by atoms with Crippen LogP contribution in [0.15, 0.2) is 30.6 Å². The highest BCUT2D eigenvalue weighted by Gasteiger charge is 2.31. The molecular formula is C23H28N8O2. The lowest BCUT2D eigenvalue weighted by Crippen LogP contribution is -2.48. The lowest BCUT2D eigenvalue weighted by atomic mass is 10.1. The normalized spacial score (nSPS) is 16.2. The molecule has 3 N–H and O–H groups in total. The van der Waals surface area contributed by atoms with Crippen molar-refractivity contribution in [1.82, 2.24) is 30.2 Å². The number of hydrogen-bond acceptors (Lipinski definition) is 5. The third-order valence-corrected chi connectivity index (χ3v) is 6.55. The Labute approximate surface area is 191 Å². The van der Waals surface area contributed by atoms with E-state index in [2.05, 4.69) is 37.5 Å². The number of carbonyl (C=O) groups excluding carboxylic acids is 2. The molecule has 0 aliphatic carbocycles. The molecule has 3 amide bonds. The van der Waals surface area contributed by atoms with Crippen molar-refractivity contribution in [1.29, 1.82) is 0 Å². The highest BCUT2D eigenvalue weighted by atomic mass is 16.2. The summed E-state index contributed by atoms with van der Waals surface area (Å²) in [7, 11) is 0. The molecule has 0 saturated carbocycles. The average Bonchev–Trinajstić information content (AvgIpc) is 3.58. The molecule has 1 aromatic carbocycles. The first-order valence-electron chi connectivity index (χ1n) is 11.3. The number of likely N-dealkylation sites (N-methyl/N-ethyl adjacent to an activating group) is 1. The predicted molar refractivity (Wildman–Crippen MR) is 125 cm³/mol. The third kappa shape index (κ3) is 3.97. The number of anilines is 2. The van der Waals surface area contributed by atoms with Crippen LogP contribution in [0.2, 0.25) is 0 Å². The van der Waals surface area contributed by atoms with Gasteiger partial charge in [-0.15, -0.1) is 0 Å². The van der Waals surface area contributed by atoms with E-state index in [-0.39, 0.29) is 11.9 Å². The maximum atomic E-state index is 13.1. The van der Waals surface area contributed by atoms with E-state index in [9.17, 15) is 9.59 Å². The molecule has 2 aromatic heterocycles. The van der Waals surface area contributed by atoms with Gasteiger partial charge in [0.15, 0.2) is 5.82 Å². The van der Waals surface area contributed by atoms with Gasteiger partial charge in [0.05, 0.1) is 11.9 Å². The summed E-state index contributed by atoms with van der Waals surface area (Å²) in [5.74, 6) is 0.629. The van der Waals surface area contributed by atoms with Gasteiger partial charge in [0.2, 0.25) is 0 Å². The SMILES string of the molecule is CCN1CCN(C(=O)c2ccc(C)c(NC(=O)N3CCc4c3n[nH]c4-c3cn[nH]c3)c2)CC1. The van der Waals surface area contributed by atoms with Gasteiger partial charge >= 0.3 is 6.03 Å². The molecule has 10 heteroatoms. The van der Waals surface area contributed by atoms with E-state index in [1.807, 2.05) is 24.0 Å². The monoisotopic (exact) mass is 448 g/mol. The van der Waals surface area contributed by atoms with Gasteiger partial charge in [-0.25, -0.2) is 4.79 Å². The minimum Gasteiger partial charge on any atom is -0.336 e. The molecule has 3 aromatic rings. The number of aromatic amines is 2. The van der Waals surface area contributed by atoms with Crippen molar-refractivity contribution in [2.45, 2.75) is 20.3 Å². The van der Waals surface area contributed by atoms with Crippen molar-refractivity contribution in [2.24, 2.45) is 0 Å². The second-order valence-electron chi connectivity index (χ2n) is 8.48. The predicted octanol–water partition coefficient (Wildman–Crippen LogP) is 2.48. The standard InChI is InChI=1S/C23H28N8O2/c1-3-29-8-10-30(11-9-29)22(32)16-5-4-15(2)19(12-16)26-23(33)31-7-6-18-20(27-28-21(18)31)17-13-24-25-14-17/h4-5,12-14H,3,6-11H2,1-2H3,(H,24,25)(H,26,33)(H,27,28). The Balaban J connectivity index is 1.30. The largest absolute Gasteiger partial charge is 0.336 e. The first kappa shape index (κ1) is 21.2. The number of urea groups is 1. The molecule has 0 atom stereocenters. The minimum absolute atomic E-state index is 0.00164. The molecule has 4 heterocycles. The Morgan fingerprint density at radius 3 is 2.70 bits per heavy atom. The fourth-order valence-corrected chi connectivity index (χ4v) is 4.49. The van der Waals surface area contributed by atoms with Crippen LogP contribution in [0.3, 0.4) is 0 Å². The molecular weight excluding hydrogens is 420 g/mol. The van der Waals surface area contributed by atoms with Crippen LogP contribution in [0.25, 0.3) is 11.3 Å². The molecule has 172 valence electrons. The molecule has 0 spiro atoms. The van der Waals surface area contributed by atoms with Crippen LogP contribution in [0.4, 0.5) is 16.3 Å². The summed E-state index contributed by atoms with van der Waals surface area (Å²) in [6, 6.07) is 5.23. The summed E-state index contributed by atoms with van der Waals surface area (Å²) in [5.41, 5.74) is 4.91. The van der Waals surface area contributed by atoms with E-state index >= 15 is 0 Å². The van der Waals surface area contributed by atoms with Crippen molar-refractivity contribution in [3.8, 4) is 11.3 Å². The quantitative estimate of drug-likeness (QED) is 0.568. The number of H-pyrrole nitrogens is 2. The summed E-state index contributed by atoms with van der Waals surface area (Å²) in [6.45, 7) is 8.82. The molecule has 2 aliphatic heterocycles. The van der Waals surface area contributed by atoms with Crippen LogP contribution in [0, 0.1) is 6.92 Å². The number of amides is 3. The van der Waals surface area contributed by atoms with Gasteiger partial charge < -0.3 is 15.1 Å². The van der Waals surface area contributed by atoms with Crippen LogP contribution < -0.4 is 10.2 Å². The Hall–Kier alpha value is -3.66. The number of fused-ring (bicyclic) bond motifs is 1. The molecule has 0 bridgehead atoms. The number of benzene rings is 1. The second-order valence-corrected chi connectivity index (χ2v) is 8.48. The zero-order chi connectivity index (χ0) is 22.9. The fraction of sp³-hybridized carbons (Fsp3) is 0.391. The lowest BCUT2D eigenvalue weighted by molar-refractivity contribution is 0.0643. The number of rotatable bonds is 4. The first-order chi connectivity index (χ1) is 16.0. The van der Waals surface area contributed by atoms with Gasteiger partial charge in [-0.2, -0.15) is 10.2 Å². The lowest BCUT2D eigenvalue weighted by Gasteiger charge is -2.34. The fourth-order valence-electron chi connectivity index (χ4n) is 4.49. The van der Waals surface area contributed by atoms with Crippen molar-refractivity contribution in [3.63, 3.8) is 0 Å². The second kappa shape index (κ2) is 8.70. The minimum atomic E-state index is -0.261. The van der Waals surface area contributed by atoms with Crippen LogP contribution in [-0.2, 0) is 6.42 Å². The van der Waals surface area contributed by atoms with Gasteiger partial charge in [-0.1, -0.05) is 13.0 Å². The average molecular weight is 449 g/mol. The maximum Gasteiger partial charge on any atom is 0.327 e. The number of nitrogens with zero attached hydrogens (tertiary/aromatic N) is 5. The number of piperazine rings is 1. The number of aryl methyl sites for hydroxylation is 1. The van der Waals surface area contributed by atoms with E-state index in [1.165, 1.54) is 0 Å². The molecule has 10 nitrogen and oxygen atoms in total. The molecule has 1 saturated heterocycles. The first-order valence-corrected chi connectivity index (χ1v) is 11.3. The van der Waals surface area contributed by atoms with Crippen molar-refractivity contribution >= 4 is 23.4 Å². The van der Waals surface area contributed by atoms with E-state index in [0.29, 0.717) is 30.0 Å². The van der Waals surface area contributed by atoms with Crippen LogP contribution >= 0.6 is 0 Å². The summed E-state index contributed by atoms with van der Waals surface area (Å²) in [6.07, 6.45) is 4.23. The maximum absolute atomic E-state index is 13.1. The number of carbonyl (C=O) groups is 2. The van der Waals surface area contributed by atoms with Gasteiger partial charge in [-0.3, -0.25) is 19.9 Å². The van der Waals surface area contributed by atoms with Crippen molar-refractivity contribution in [3.05, 3.63) is 47.3 Å². The molecule has 0 radical (unpaired) electrons. The highest BCUT2D eigenvalue weighted by molar-refractivity contribution is 6.04. The number of nitrogens with one attached hydrogen (secondary N) is 3. The van der Waals surface area contributed by atoms with E-state index < -0.39 is 0 Å². The number of aromatic nitrogens is 4. The van der Waals surface area contributed by atoms with Crippen molar-refractivity contribution in [2.75, 3.05) is 49.5 Å². The summed E-state index contributed by atoms with van der Waals surface area (Å²) < 4.78 is 0. The summed E-state index contributed by atoms with van der Waals surface area (Å²) >= 11 is 0.